The van der Waals surface area contributed by atoms with E-state index in [1.165, 1.54) is 0 Å². The van der Waals surface area contributed by atoms with Gasteiger partial charge in [0, 0.05) is 94.6 Å². The number of nitriles is 3. The maximum Gasteiger partial charge on any atom is 0.332 e. The van der Waals surface area contributed by atoms with Crippen LogP contribution in [0.25, 0.3) is 33.1 Å². The van der Waals surface area contributed by atoms with E-state index in [2.05, 4.69) is 94.2 Å². The highest BCUT2D eigenvalue weighted by atomic mass is 16.4. The van der Waals surface area contributed by atoms with Gasteiger partial charge in [0.05, 0.1) is 33.8 Å². The Kier molecular flexibility index (Phi) is 22.3. The molecule has 0 radical (unpaired) electrons. The van der Waals surface area contributed by atoms with Crippen molar-refractivity contribution in [2.24, 2.45) is 41.2 Å². The zero-order valence-corrected chi connectivity index (χ0v) is 48.2. The first kappa shape index (κ1) is 63.0. The minimum absolute atomic E-state index is 0.0583. The summed E-state index contributed by atoms with van der Waals surface area (Å²) in [6.45, 7) is 21.8. The predicted octanol–water partition coefficient (Wildman–Crippen LogP) is 5.46. The van der Waals surface area contributed by atoms with Gasteiger partial charge in [-0.05, 0) is 91.2 Å². The fourth-order valence-corrected chi connectivity index (χ4v) is 10.5. The Balaban J connectivity index is 0.000000187. The highest BCUT2D eigenvalue weighted by molar-refractivity contribution is 5.94. The van der Waals surface area contributed by atoms with Crippen molar-refractivity contribution in [1.82, 2.24) is 40.5 Å². The number of aliphatic hydroxyl groups is 3. The minimum atomic E-state index is -1.21. The topological polar surface area (TPSA) is 341 Å². The summed E-state index contributed by atoms with van der Waals surface area (Å²) in [5.74, 6) is -0.972. The molecule has 9 rings (SSSR count). The van der Waals surface area contributed by atoms with Crippen molar-refractivity contribution in [2.45, 2.75) is 118 Å². The highest BCUT2D eigenvalue weighted by Gasteiger charge is 2.32. The molecule has 3 aromatic carbocycles. The molecule has 3 saturated heterocycles. The fourth-order valence-electron chi connectivity index (χ4n) is 10.5. The number of aromatic nitrogens is 6. The summed E-state index contributed by atoms with van der Waals surface area (Å²) in [7, 11) is 0. The third-order valence-corrected chi connectivity index (χ3v) is 14.6. The molecular weight excluding hydrogens is 1040 g/mol. The summed E-state index contributed by atoms with van der Waals surface area (Å²) >= 11 is 0. The monoisotopic (exact) mass is 1120 g/mol. The molecule has 3 aromatic heterocycles. The number of carboxylic acids is 1. The number of fused-ring (bicyclic) bond motifs is 3. The van der Waals surface area contributed by atoms with Crippen LogP contribution < -0.4 is 31.1 Å². The molecule has 6 aromatic rings. The molecule has 8 N–H and O–H groups in total. The van der Waals surface area contributed by atoms with Crippen molar-refractivity contribution in [3.63, 3.8) is 0 Å². The zero-order chi connectivity index (χ0) is 59.9. The summed E-state index contributed by atoms with van der Waals surface area (Å²) in [6, 6.07) is 17.7. The third-order valence-electron chi connectivity index (χ3n) is 14.6. The average molecular weight is 1120 g/mol. The number of rotatable bonds is 11. The van der Waals surface area contributed by atoms with Crippen LogP contribution >= 0.6 is 0 Å². The molecule has 434 valence electrons. The van der Waals surface area contributed by atoms with Gasteiger partial charge in [-0.25, -0.2) is 4.79 Å². The van der Waals surface area contributed by atoms with Crippen LogP contribution in [0.15, 0.2) is 73.6 Å². The standard InChI is InChI=1S/2C20H25N5O2.C15H17N5.C5H10O3/c2*1-12(2)19(26)20(27)24-15-8-13(3)10-25(11-15)16-5-4-14(9-21)17-18(16)23-7-6-22-17;1-10-6-12(17)9-20(8-10)13-3-2-11(7-16)14-15(13)19-5-4-18-14;1-3(2)4(6)5(7)8/h2*4-7,12-13,15,19,26H,8,10-11H2,1-3H3,(H,24,27);2-5,10,12H,6,8-9,17H2,1H3;3-4,6H,1-2H3,(H,7,8)/t2*13?,15?,19-;;4-/m00.0/s1. The maximum atomic E-state index is 12.3. The number of amides is 2. The molecule has 0 spiro atoms. The van der Waals surface area contributed by atoms with Crippen LogP contribution in [0.1, 0.15) is 98.3 Å². The van der Waals surface area contributed by atoms with Crippen LogP contribution in [0.5, 0.6) is 0 Å². The largest absolute Gasteiger partial charge is 0.479 e. The van der Waals surface area contributed by atoms with Crippen LogP contribution in [-0.2, 0) is 14.4 Å². The second-order valence-corrected chi connectivity index (χ2v) is 22.8. The second kappa shape index (κ2) is 29.0. The maximum absolute atomic E-state index is 12.3. The molecule has 6 unspecified atom stereocenters. The van der Waals surface area contributed by atoms with Gasteiger partial charge >= 0.3 is 5.97 Å². The molecule has 22 nitrogen and oxygen atoms in total. The van der Waals surface area contributed by atoms with Gasteiger partial charge in [-0.2, -0.15) is 15.8 Å². The first-order valence-electron chi connectivity index (χ1n) is 27.8. The molecule has 3 fully saturated rings. The van der Waals surface area contributed by atoms with Crippen molar-refractivity contribution in [3.8, 4) is 18.2 Å². The molecule has 3 aliphatic rings. The lowest BCUT2D eigenvalue weighted by atomic mass is 9.94. The number of hydrogen-bond acceptors (Lipinski definition) is 19. The number of anilines is 3. The van der Waals surface area contributed by atoms with Crippen molar-refractivity contribution in [3.05, 3.63) is 90.3 Å². The molecule has 0 saturated carbocycles. The van der Waals surface area contributed by atoms with Gasteiger partial charge in [0.1, 0.15) is 63.5 Å². The van der Waals surface area contributed by atoms with Crippen molar-refractivity contribution < 1.29 is 34.8 Å². The molecule has 9 atom stereocenters. The number of hydrogen-bond donors (Lipinski definition) is 7. The smallest absolute Gasteiger partial charge is 0.332 e. The Bertz CT molecular complexity index is 3150. The summed E-state index contributed by atoms with van der Waals surface area (Å²) in [5, 5.41) is 70.5. The lowest BCUT2D eigenvalue weighted by molar-refractivity contribution is -0.148. The molecule has 0 bridgehead atoms. The van der Waals surface area contributed by atoms with E-state index in [0.29, 0.717) is 75.1 Å². The van der Waals surface area contributed by atoms with E-state index in [1.54, 1.807) is 63.2 Å². The number of carboxylic acid groups (broad SMARTS) is 1. The zero-order valence-electron chi connectivity index (χ0n) is 48.2. The number of nitrogens with zero attached hydrogens (tertiary/aromatic N) is 12. The van der Waals surface area contributed by atoms with Gasteiger partial charge in [-0.3, -0.25) is 39.5 Å². The number of aliphatic hydroxyl groups excluding tert-OH is 3. The minimum Gasteiger partial charge on any atom is -0.479 e. The highest BCUT2D eigenvalue weighted by Crippen LogP contribution is 2.33. The van der Waals surface area contributed by atoms with Crippen molar-refractivity contribution in [2.75, 3.05) is 54.0 Å². The van der Waals surface area contributed by atoms with Crippen LogP contribution in [0, 0.1) is 69.5 Å². The number of carbonyl (C=O) groups excluding carboxylic acids is 2. The Morgan fingerprint density at radius 3 is 1.05 bits per heavy atom. The number of benzene rings is 3. The Morgan fingerprint density at radius 2 is 0.780 bits per heavy atom. The number of carbonyl (C=O) groups is 3. The number of nitrogens with two attached hydrogens (primary N) is 1. The van der Waals surface area contributed by atoms with Crippen LogP contribution in [0.2, 0.25) is 0 Å². The van der Waals surface area contributed by atoms with Gasteiger partial charge in [0.2, 0.25) is 11.8 Å². The number of piperidine rings is 3. The molecule has 0 aliphatic carbocycles. The number of nitrogens with one attached hydrogen (secondary N) is 2. The normalized spacial score (nSPS) is 20.8. The Morgan fingerprint density at radius 1 is 0.488 bits per heavy atom. The van der Waals surface area contributed by atoms with Crippen LogP contribution in [-0.4, -0.2) is 144 Å². The van der Waals surface area contributed by atoms with E-state index >= 15 is 0 Å². The van der Waals surface area contributed by atoms with Gasteiger partial charge in [-0.1, -0.05) is 62.3 Å². The average Bonchev–Trinajstić information content (AvgIpc) is 3.21. The molecule has 2 amide bonds. The summed E-state index contributed by atoms with van der Waals surface area (Å²) < 4.78 is 0. The van der Waals surface area contributed by atoms with E-state index in [1.807, 2.05) is 52.0 Å². The molecule has 22 heteroatoms. The van der Waals surface area contributed by atoms with Crippen molar-refractivity contribution >= 4 is 67.9 Å². The van der Waals surface area contributed by atoms with E-state index in [0.717, 1.165) is 68.0 Å². The van der Waals surface area contributed by atoms with Gasteiger partial charge in [0.15, 0.2) is 6.10 Å². The molecular formula is C60H77N15O7. The Labute approximate surface area is 479 Å². The first-order chi connectivity index (χ1) is 39.0. The first-order valence-corrected chi connectivity index (χ1v) is 27.8. The van der Waals surface area contributed by atoms with Gasteiger partial charge in [0.25, 0.3) is 0 Å². The fraction of sp³-hybridized carbons (Fsp3) is 0.500. The predicted molar refractivity (Wildman–Crippen MR) is 313 cm³/mol. The SMILES string of the molecule is CC(C)[C@H](O)C(=O)O.CC1CC(N)CN(c2ccc(C#N)c3nccnc23)C1.CC1CC(NC(=O)[C@@H](O)C(C)C)CN(c2ccc(C#N)c3nccnc23)C1.CC1CC(NC(=O)[C@@H](O)C(C)C)CN(c2ccc(C#N)c3nccnc23)C1. The molecule has 6 heterocycles. The lowest BCUT2D eigenvalue weighted by Gasteiger charge is -2.38. The summed E-state index contributed by atoms with van der Waals surface area (Å²) in [5.41, 5.74) is 14.5. The Hall–Kier alpha value is -8.20. The quantitative estimate of drug-likeness (QED) is 0.0846. The van der Waals surface area contributed by atoms with E-state index in [-0.39, 0.29) is 47.7 Å². The lowest BCUT2D eigenvalue weighted by Crippen LogP contribution is -2.53. The van der Waals surface area contributed by atoms with E-state index in [4.69, 9.17) is 21.2 Å². The van der Waals surface area contributed by atoms with E-state index in [9.17, 15) is 35.1 Å². The van der Waals surface area contributed by atoms with Crippen LogP contribution in [0.4, 0.5) is 17.1 Å². The molecule has 3 aliphatic heterocycles. The summed E-state index contributed by atoms with van der Waals surface area (Å²) in [4.78, 5) is 67.3. The number of aliphatic carboxylic acids is 1. The third kappa shape index (κ3) is 16.0. The van der Waals surface area contributed by atoms with Crippen molar-refractivity contribution in [1.29, 1.82) is 15.8 Å². The molecule has 82 heavy (non-hydrogen) atoms. The van der Waals surface area contributed by atoms with Gasteiger partial charge in [-0.15, -0.1) is 0 Å². The summed E-state index contributed by atoms with van der Waals surface area (Å²) in [6.07, 6.45) is 9.25. The van der Waals surface area contributed by atoms with Gasteiger partial charge < -0.3 is 51.5 Å². The second-order valence-electron chi connectivity index (χ2n) is 22.8. The van der Waals surface area contributed by atoms with Crippen LogP contribution in [0.3, 0.4) is 0 Å². The van der Waals surface area contributed by atoms with E-state index < -0.39 is 24.3 Å².